The minimum absolute atomic E-state index is 0.0948. The first-order valence-corrected chi connectivity index (χ1v) is 56.1. The van der Waals surface area contributed by atoms with Crippen LogP contribution in [-0.2, 0) is 55.8 Å². The van der Waals surface area contributed by atoms with E-state index in [-0.39, 0.29) is 19.3 Å². The van der Waals surface area contributed by atoms with Crippen LogP contribution in [0.25, 0.3) is 0 Å². The molecule has 5 unspecified atom stereocenters. The second-order valence-electron chi connectivity index (χ2n) is 35.3. The number of phosphoric ester groups is 2. The summed E-state index contributed by atoms with van der Waals surface area (Å²) in [6.45, 7) is 2.50. The fourth-order valence-electron chi connectivity index (χ4n) is 14.7. The third kappa shape index (κ3) is 105. The maximum absolute atomic E-state index is 13.1. The highest BCUT2D eigenvalue weighted by molar-refractivity contribution is 7.47. The predicted octanol–water partition coefficient (Wildman–Crippen LogP) is 33.9. The van der Waals surface area contributed by atoms with Crippen LogP contribution in [0, 0.1) is 0 Å². The summed E-state index contributed by atoms with van der Waals surface area (Å²) < 4.78 is 61.7. The third-order valence-corrected chi connectivity index (χ3v) is 24.5. The van der Waals surface area contributed by atoms with E-state index in [1.54, 1.807) is 0 Å². The van der Waals surface area contributed by atoms with Crippen LogP contribution in [0.4, 0.5) is 0 Å². The first kappa shape index (κ1) is 126. The maximum Gasteiger partial charge on any atom is 0.472 e. The Morgan fingerprint density at radius 2 is 0.405 bits per heavy atom. The highest BCUT2D eigenvalue weighted by atomic mass is 31.2. The Kier molecular flexibility index (Phi) is 99.3. The van der Waals surface area contributed by atoms with Gasteiger partial charge in [-0.05, 0) is 161 Å². The van der Waals surface area contributed by atoms with E-state index in [1.165, 1.54) is 238 Å². The molecule has 0 radical (unpaired) electrons. The first-order chi connectivity index (χ1) is 64.2. The summed E-state index contributed by atoms with van der Waals surface area (Å²) in [5.74, 6) is -1.56. The van der Waals surface area contributed by atoms with Gasteiger partial charge in [-0.2, -0.15) is 0 Å². The summed E-state index contributed by atoms with van der Waals surface area (Å²) in [4.78, 5) is 59.3. The minimum atomic E-state index is -4.95. The lowest BCUT2D eigenvalue weighted by Gasteiger charge is -2.21. The number of carbonyl (C=O) groups excluding carboxylic acids is 3. The Hall–Kier alpha value is -5.35. The number of esters is 3. The molecule has 0 aliphatic carbocycles. The van der Waals surface area contributed by atoms with Gasteiger partial charge in [0.25, 0.3) is 0 Å². The van der Waals surface area contributed by atoms with E-state index in [9.17, 15) is 43.5 Å². The van der Waals surface area contributed by atoms with Gasteiger partial charge in [0.05, 0.1) is 26.4 Å². The molecule has 0 aliphatic heterocycles. The fraction of sp³-hybridized carbons (Fsp3) is 0.708. The van der Waals surface area contributed by atoms with Crippen LogP contribution in [0.3, 0.4) is 0 Å². The molecule has 0 aromatic carbocycles. The standard InChI is InChI=1S/C113H194O16P2/c1-4-7-10-13-16-19-22-25-28-31-34-37-40-43-45-47-49-51-53-55-57-59-61-64-66-69-72-75-78-81-84-87-90-93-96-99-111(116)123-102-108(114)103-125-130(119,120)126-104-109(115)105-127-131(121,122)128-107-110(129-113(118)101-98-95-92-89-86-83-80-77-74-71-68-63-42-39-36-33-30-27-24-21-18-15-12-9-6-3)106-124-112(117)100-97-94-91-88-85-82-79-76-73-70-67-65-62-60-58-56-54-52-50-48-46-44-41-38-35-32-29-26-23-20-17-14-11-8-5-2/h7,9-10,12,16-21,25-30,34-39,43-46,49,51,63,68,108-110,114-115H,4-6,8,11,13-15,22-24,31-33,40-42,47-48,50,52-62,64-67,69-107H2,1-3H3,(H,119,120)(H,121,122)/b10-7-,12-9-,19-16-,20-17-,21-18-,28-25-,29-26-,30-27-,37-34-,38-35-,39-36-,45-43-,46-44-,51-49-,68-63-. The highest BCUT2D eigenvalue weighted by Gasteiger charge is 2.30. The second-order valence-corrected chi connectivity index (χ2v) is 38.2. The van der Waals surface area contributed by atoms with Crippen LogP contribution in [0.2, 0.25) is 0 Å². The van der Waals surface area contributed by atoms with Crippen molar-refractivity contribution in [1.29, 1.82) is 0 Å². The molecule has 0 aromatic rings. The van der Waals surface area contributed by atoms with Gasteiger partial charge in [-0.1, -0.05) is 460 Å². The third-order valence-electron chi connectivity index (χ3n) is 22.6. The zero-order valence-electron chi connectivity index (χ0n) is 83.5. The lowest BCUT2D eigenvalue weighted by molar-refractivity contribution is -0.161. The number of rotatable bonds is 100. The maximum atomic E-state index is 13.1. The largest absolute Gasteiger partial charge is 0.472 e. The van der Waals surface area contributed by atoms with E-state index >= 15 is 0 Å². The quantitative estimate of drug-likeness (QED) is 0.0146. The molecule has 0 aliphatic rings. The molecule has 0 saturated carbocycles. The van der Waals surface area contributed by atoms with Crippen LogP contribution in [0.5, 0.6) is 0 Å². The van der Waals surface area contributed by atoms with E-state index in [0.29, 0.717) is 19.3 Å². The van der Waals surface area contributed by atoms with Gasteiger partial charge in [-0.25, -0.2) is 9.13 Å². The lowest BCUT2D eigenvalue weighted by atomic mass is 10.0. The molecule has 16 nitrogen and oxygen atoms in total. The van der Waals surface area contributed by atoms with Crippen molar-refractivity contribution in [2.45, 2.75) is 476 Å². The van der Waals surface area contributed by atoms with Crippen molar-refractivity contribution in [2.24, 2.45) is 0 Å². The van der Waals surface area contributed by atoms with Crippen molar-refractivity contribution in [1.82, 2.24) is 0 Å². The molecule has 4 N–H and O–H groups in total. The van der Waals surface area contributed by atoms with E-state index in [0.717, 1.165) is 161 Å². The summed E-state index contributed by atoms with van der Waals surface area (Å²) in [7, 11) is -9.82. The number of allylic oxidation sites excluding steroid dienone is 30. The second kappa shape index (κ2) is 104. The van der Waals surface area contributed by atoms with Crippen molar-refractivity contribution in [3.63, 3.8) is 0 Å². The molecule has 0 aromatic heterocycles. The van der Waals surface area contributed by atoms with Crippen LogP contribution in [0.1, 0.15) is 457 Å². The molecular formula is C113H194O16P2. The van der Waals surface area contributed by atoms with Crippen molar-refractivity contribution in [3.05, 3.63) is 182 Å². The number of aliphatic hydroxyl groups is 2. The first-order valence-electron chi connectivity index (χ1n) is 53.1. The smallest absolute Gasteiger partial charge is 0.463 e. The number of hydrogen-bond acceptors (Lipinski definition) is 14. The van der Waals surface area contributed by atoms with Crippen LogP contribution >= 0.6 is 15.6 Å². The average molecular weight is 1870 g/mol. The Balaban J connectivity index is 4.56. The number of ether oxygens (including phenoxy) is 3. The topological polar surface area (TPSA) is 231 Å². The lowest BCUT2D eigenvalue weighted by Crippen LogP contribution is -2.30. The number of hydrogen-bond donors (Lipinski definition) is 4. The van der Waals surface area contributed by atoms with Gasteiger partial charge in [-0.15, -0.1) is 0 Å². The summed E-state index contributed by atoms with van der Waals surface area (Å²) in [6, 6.07) is 0. The molecule has 0 saturated heterocycles. The molecule has 131 heavy (non-hydrogen) atoms. The van der Waals surface area contributed by atoms with Crippen LogP contribution in [0.15, 0.2) is 182 Å². The van der Waals surface area contributed by atoms with Gasteiger partial charge >= 0.3 is 33.6 Å². The Morgan fingerprint density at radius 1 is 0.221 bits per heavy atom. The SMILES string of the molecule is CC/C=C\C/C=C\C/C=C\C/C=C\C/C=C\C/C=C\CCCCCCCCCCCCCCCCCCC(=O)OCC(O)COP(=O)(O)OCC(O)COP(=O)(O)OCC(COC(=O)CCCCCCCCCCCCCCCCCCCCC/C=C\C/C=C\C/C=C\C/C=C\CCCCC)OC(=O)CCCCCCCCCCC/C=C\C/C=C\C/C=C\C/C=C\C/C=C\CC. The molecule has 0 fully saturated rings. The molecule has 0 rings (SSSR count). The molecule has 0 bridgehead atoms. The Labute approximate surface area is 802 Å². The van der Waals surface area contributed by atoms with Gasteiger partial charge < -0.3 is 34.2 Å². The van der Waals surface area contributed by atoms with Gasteiger partial charge in [0.2, 0.25) is 0 Å². The van der Waals surface area contributed by atoms with Gasteiger partial charge in [0.15, 0.2) is 6.10 Å². The van der Waals surface area contributed by atoms with Crippen LogP contribution < -0.4 is 0 Å². The Morgan fingerprint density at radius 3 is 0.641 bits per heavy atom. The van der Waals surface area contributed by atoms with E-state index < -0.39 is 91.5 Å². The number of aliphatic hydroxyl groups excluding tert-OH is 2. The zero-order valence-corrected chi connectivity index (χ0v) is 85.2. The predicted molar refractivity (Wildman–Crippen MR) is 555 cm³/mol. The average Bonchev–Trinajstić information content (AvgIpc) is 0.898. The summed E-state index contributed by atoms with van der Waals surface area (Å²) in [6.07, 6.45) is 138. The molecule has 0 spiro atoms. The van der Waals surface area contributed by atoms with E-state index in [4.69, 9.17) is 32.3 Å². The summed E-state index contributed by atoms with van der Waals surface area (Å²) >= 11 is 0. The normalized spacial score (nSPS) is 14.3. The van der Waals surface area contributed by atoms with E-state index in [1.807, 2.05) is 0 Å². The minimum Gasteiger partial charge on any atom is -0.463 e. The monoisotopic (exact) mass is 1870 g/mol. The molecular weight excluding hydrogens is 1680 g/mol. The van der Waals surface area contributed by atoms with Crippen molar-refractivity contribution in [2.75, 3.05) is 39.6 Å². The van der Waals surface area contributed by atoms with Crippen molar-refractivity contribution >= 4 is 33.6 Å². The molecule has 18 heteroatoms. The molecule has 0 heterocycles. The summed E-state index contributed by atoms with van der Waals surface area (Å²) in [5, 5.41) is 20.8. The van der Waals surface area contributed by atoms with Crippen LogP contribution in [-0.4, -0.2) is 95.9 Å². The van der Waals surface area contributed by atoms with Gasteiger partial charge in [0.1, 0.15) is 25.4 Å². The van der Waals surface area contributed by atoms with Gasteiger partial charge in [-0.3, -0.25) is 32.5 Å². The number of unbranched alkanes of at least 4 members (excludes halogenated alkanes) is 47. The fourth-order valence-corrected chi connectivity index (χ4v) is 16.2. The number of phosphoric acid groups is 2. The highest BCUT2D eigenvalue weighted by Crippen LogP contribution is 2.45. The Bertz CT molecular complexity index is 3110. The summed E-state index contributed by atoms with van der Waals surface area (Å²) in [5.41, 5.74) is 0. The zero-order chi connectivity index (χ0) is 95.0. The number of carbonyl (C=O) groups is 3. The van der Waals surface area contributed by atoms with Crippen molar-refractivity contribution in [3.8, 4) is 0 Å². The molecule has 0 amide bonds. The molecule has 752 valence electrons. The molecule has 5 atom stereocenters. The van der Waals surface area contributed by atoms with Gasteiger partial charge in [0, 0.05) is 19.3 Å². The van der Waals surface area contributed by atoms with Crippen molar-refractivity contribution < 1.29 is 75.8 Å². The van der Waals surface area contributed by atoms with E-state index in [2.05, 4.69) is 203 Å².